The fourth-order valence-corrected chi connectivity index (χ4v) is 3.46. The van der Waals surface area contributed by atoms with Crippen molar-refractivity contribution in [3.63, 3.8) is 0 Å². The average Bonchev–Trinajstić information content (AvgIpc) is 2.81. The average molecular weight is 304 g/mol. The van der Waals surface area contributed by atoms with Gasteiger partial charge >= 0.3 is 0 Å². The SMILES string of the molecule is CNCc1sc(-c2ccc(OC)c(C)c2)nc1CC(C)C. The van der Waals surface area contributed by atoms with Crippen LogP contribution >= 0.6 is 11.3 Å². The van der Waals surface area contributed by atoms with Gasteiger partial charge in [0.2, 0.25) is 0 Å². The summed E-state index contributed by atoms with van der Waals surface area (Å²) in [6, 6.07) is 6.26. The minimum absolute atomic E-state index is 0.619. The molecule has 1 heterocycles. The number of aromatic nitrogens is 1. The van der Waals surface area contributed by atoms with E-state index < -0.39 is 0 Å². The Labute approximate surface area is 131 Å². The standard InChI is InChI=1S/C17H24N2OS/c1-11(2)8-14-16(10-18-4)21-17(19-14)13-6-7-15(20-5)12(3)9-13/h6-7,9,11,18H,8,10H2,1-5H3. The maximum Gasteiger partial charge on any atom is 0.123 e. The molecule has 0 spiro atoms. The molecule has 0 unspecified atom stereocenters. The van der Waals surface area contributed by atoms with Gasteiger partial charge in [0.15, 0.2) is 0 Å². The van der Waals surface area contributed by atoms with Crippen molar-refractivity contribution in [1.29, 1.82) is 0 Å². The summed E-state index contributed by atoms with van der Waals surface area (Å²) in [5, 5.41) is 4.34. The number of ether oxygens (including phenoxy) is 1. The molecule has 4 heteroatoms. The van der Waals surface area contributed by atoms with Crippen molar-refractivity contribution in [3.05, 3.63) is 34.3 Å². The largest absolute Gasteiger partial charge is 0.496 e. The number of hydrogen-bond acceptors (Lipinski definition) is 4. The molecule has 0 saturated carbocycles. The molecule has 21 heavy (non-hydrogen) atoms. The van der Waals surface area contributed by atoms with E-state index in [1.54, 1.807) is 18.4 Å². The Bertz CT molecular complexity index is 605. The van der Waals surface area contributed by atoms with Crippen LogP contribution in [0.15, 0.2) is 18.2 Å². The number of nitrogens with zero attached hydrogens (tertiary/aromatic N) is 1. The first kappa shape index (κ1) is 16.0. The number of aryl methyl sites for hydroxylation is 1. The minimum atomic E-state index is 0.619. The Morgan fingerprint density at radius 1 is 1.33 bits per heavy atom. The Hall–Kier alpha value is -1.39. The summed E-state index contributed by atoms with van der Waals surface area (Å²) >= 11 is 1.79. The number of rotatable bonds is 6. The molecule has 0 amide bonds. The summed E-state index contributed by atoms with van der Waals surface area (Å²) in [7, 11) is 3.69. The normalized spacial score (nSPS) is 11.1. The smallest absolute Gasteiger partial charge is 0.123 e. The van der Waals surface area contributed by atoms with E-state index >= 15 is 0 Å². The maximum absolute atomic E-state index is 5.33. The molecule has 1 aromatic heterocycles. The zero-order valence-electron chi connectivity index (χ0n) is 13.5. The van der Waals surface area contributed by atoms with Gasteiger partial charge < -0.3 is 10.1 Å². The Morgan fingerprint density at radius 3 is 2.67 bits per heavy atom. The fraction of sp³-hybridized carbons (Fsp3) is 0.471. The van der Waals surface area contributed by atoms with Crippen LogP contribution < -0.4 is 10.1 Å². The van der Waals surface area contributed by atoms with Crippen LogP contribution in [0.4, 0.5) is 0 Å². The number of benzene rings is 1. The zero-order chi connectivity index (χ0) is 15.4. The van der Waals surface area contributed by atoms with Crippen LogP contribution in [0.5, 0.6) is 5.75 Å². The van der Waals surface area contributed by atoms with Crippen molar-refractivity contribution in [2.24, 2.45) is 5.92 Å². The van der Waals surface area contributed by atoms with E-state index in [4.69, 9.17) is 9.72 Å². The summed E-state index contributed by atoms with van der Waals surface area (Å²) in [6.45, 7) is 7.42. The highest BCUT2D eigenvalue weighted by Crippen LogP contribution is 2.32. The van der Waals surface area contributed by atoms with Crippen LogP contribution in [0.25, 0.3) is 10.6 Å². The van der Waals surface area contributed by atoms with Gasteiger partial charge in [0.25, 0.3) is 0 Å². The molecular weight excluding hydrogens is 280 g/mol. The Kier molecular flexibility index (Phi) is 5.37. The van der Waals surface area contributed by atoms with Crippen LogP contribution in [0.1, 0.15) is 30.0 Å². The van der Waals surface area contributed by atoms with Gasteiger partial charge in [0.1, 0.15) is 10.8 Å². The monoisotopic (exact) mass is 304 g/mol. The first-order valence-corrected chi connectivity index (χ1v) is 8.15. The van der Waals surface area contributed by atoms with Gasteiger partial charge in [-0.15, -0.1) is 11.3 Å². The molecule has 0 aliphatic carbocycles. The van der Waals surface area contributed by atoms with Gasteiger partial charge in [-0.25, -0.2) is 4.98 Å². The molecular formula is C17H24N2OS. The molecule has 0 radical (unpaired) electrons. The van der Waals surface area contributed by atoms with Gasteiger partial charge in [-0.05, 0) is 50.1 Å². The number of nitrogens with one attached hydrogen (secondary N) is 1. The van der Waals surface area contributed by atoms with E-state index in [2.05, 4.69) is 38.2 Å². The molecule has 0 aliphatic rings. The lowest BCUT2D eigenvalue weighted by atomic mass is 10.1. The van der Waals surface area contributed by atoms with E-state index in [1.165, 1.54) is 16.1 Å². The van der Waals surface area contributed by atoms with E-state index in [1.807, 2.05) is 13.1 Å². The molecule has 0 atom stereocenters. The highest BCUT2D eigenvalue weighted by atomic mass is 32.1. The molecule has 114 valence electrons. The van der Waals surface area contributed by atoms with Gasteiger partial charge in [-0.1, -0.05) is 13.8 Å². The lowest BCUT2D eigenvalue weighted by molar-refractivity contribution is 0.412. The second kappa shape index (κ2) is 7.05. The van der Waals surface area contributed by atoms with E-state index in [0.29, 0.717) is 5.92 Å². The van der Waals surface area contributed by atoms with Crippen LogP contribution in [-0.2, 0) is 13.0 Å². The molecule has 0 saturated heterocycles. The van der Waals surface area contributed by atoms with Crippen molar-refractivity contribution < 1.29 is 4.74 Å². The summed E-state index contributed by atoms with van der Waals surface area (Å²) in [5.74, 6) is 1.54. The van der Waals surface area contributed by atoms with E-state index in [-0.39, 0.29) is 0 Å². The van der Waals surface area contributed by atoms with Crippen molar-refractivity contribution in [2.75, 3.05) is 14.2 Å². The predicted octanol–water partition coefficient (Wildman–Crippen LogP) is 4.05. The molecule has 0 bridgehead atoms. The van der Waals surface area contributed by atoms with Gasteiger partial charge in [-0.3, -0.25) is 0 Å². The second-order valence-electron chi connectivity index (χ2n) is 5.70. The maximum atomic E-state index is 5.33. The van der Waals surface area contributed by atoms with Crippen molar-refractivity contribution >= 4 is 11.3 Å². The number of methoxy groups -OCH3 is 1. The topological polar surface area (TPSA) is 34.1 Å². The summed E-state index contributed by atoms with van der Waals surface area (Å²) in [4.78, 5) is 6.22. The van der Waals surface area contributed by atoms with Crippen LogP contribution in [0, 0.1) is 12.8 Å². The zero-order valence-corrected chi connectivity index (χ0v) is 14.3. The lowest BCUT2D eigenvalue weighted by Crippen LogP contribution is -2.07. The quantitative estimate of drug-likeness (QED) is 0.874. The third-order valence-electron chi connectivity index (χ3n) is 3.36. The lowest BCUT2D eigenvalue weighted by Gasteiger charge is -2.05. The third-order valence-corrected chi connectivity index (χ3v) is 4.51. The summed E-state index contributed by atoms with van der Waals surface area (Å²) in [5.41, 5.74) is 3.55. The third kappa shape index (κ3) is 3.83. The van der Waals surface area contributed by atoms with Gasteiger partial charge in [0.05, 0.1) is 12.8 Å². The van der Waals surface area contributed by atoms with Crippen LogP contribution in [0.3, 0.4) is 0 Å². The van der Waals surface area contributed by atoms with E-state index in [9.17, 15) is 0 Å². The fourth-order valence-electron chi connectivity index (χ4n) is 2.36. The second-order valence-corrected chi connectivity index (χ2v) is 6.79. The molecule has 0 fully saturated rings. The molecule has 2 rings (SSSR count). The number of hydrogen-bond donors (Lipinski definition) is 1. The van der Waals surface area contributed by atoms with Crippen molar-refractivity contribution in [1.82, 2.24) is 10.3 Å². The van der Waals surface area contributed by atoms with Crippen LogP contribution in [0.2, 0.25) is 0 Å². The Balaban J connectivity index is 2.37. The van der Waals surface area contributed by atoms with Crippen LogP contribution in [-0.4, -0.2) is 19.1 Å². The first-order valence-electron chi connectivity index (χ1n) is 7.33. The highest BCUT2D eigenvalue weighted by Gasteiger charge is 2.14. The van der Waals surface area contributed by atoms with E-state index in [0.717, 1.165) is 29.3 Å². The first-order chi connectivity index (χ1) is 10.0. The minimum Gasteiger partial charge on any atom is -0.496 e. The predicted molar refractivity (Wildman–Crippen MR) is 90.1 cm³/mol. The van der Waals surface area contributed by atoms with Crippen molar-refractivity contribution in [2.45, 2.75) is 33.7 Å². The van der Waals surface area contributed by atoms with Gasteiger partial charge in [-0.2, -0.15) is 0 Å². The summed E-state index contributed by atoms with van der Waals surface area (Å²) in [6.07, 6.45) is 1.03. The van der Waals surface area contributed by atoms with Crippen molar-refractivity contribution in [3.8, 4) is 16.3 Å². The molecule has 1 aromatic carbocycles. The molecule has 0 aliphatic heterocycles. The molecule has 1 N–H and O–H groups in total. The summed E-state index contributed by atoms with van der Waals surface area (Å²) < 4.78 is 5.33. The molecule has 2 aromatic rings. The highest BCUT2D eigenvalue weighted by molar-refractivity contribution is 7.15. The Morgan fingerprint density at radius 2 is 2.10 bits per heavy atom. The number of thiazole rings is 1. The molecule has 3 nitrogen and oxygen atoms in total. The van der Waals surface area contributed by atoms with Gasteiger partial charge in [0, 0.05) is 17.0 Å².